The minimum Gasteiger partial charge on any atom is -0.493 e. The normalized spacial score (nSPS) is 15.2. The van der Waals surface area contributed by atoms with E-state index in [1.165, 1.54) is 27.7 Å². The number of aromatic nitrogens is 1. The number of rotatable bonds is 15. The predicted molar refractivity (Wildman–Crippen MR) is 181 cm³/mol. The third kappa shape index (κ3) is 10.00. The van der Waals surface area contributed by atoms with E-state index in [0.29, 0.717) is 66.4 Å². The lowest BCUT2D eigenvalue weighted by Crippen LogP contribution is -2.50. The first-order valence-electron chi connectivity index (χ1n) is 15.8. The van der Waals surface area contributed by atoms with Crippen LogP contribution in [0.1, 0.15) is 67.7 Å². The van der Waals surface area contributed by atoms with Crippen molar-refractivity contribution in [2.75, 3.05) is 40.9 Å². The number of benzene rings is 2. The maximum atomic E-state index is 14.2. The molecule has 0 bridgehead atoms. The van der Waals surface area contributed by atoms with Crippen molar-refractivity contribution in [3.05, 3.63) is 77.6 Å². The minimum atomic E-state index is -1.09. The highest BCUT2D eigenvalue weighted by molar-refractivity contribution is 6.15. The third-order valence-corrected chi connectivity index (χ3v) is 8.12. The summed E-state index contributed by atoms with van der Waals surface area (Å²) >= 11 is 4.64. The van der Waals surface area contributed by atoms with E-state index in [1.54, 1.807) is 47.6 Å². The van der Waals surface area contributed by atoms with Gasteiger partial charge < -0.3 is 33.7 Å². The summed E-state index contributed by atoms with van der Waals surface area (Å²) in [5.41, 5.74) is 2.34. The SMILES string of the molecule is CC[C@H](C(=O)N1CCCC[C@H]1C(=O)O[C@H](CCc1cccnc1)c1cccc(OCC(=O)O)c1)c1cc(OC)c(OC)c(OC)c1.CCl. The molecule has 1 aliphatic heterocycles. The smallest absolute Gasteiger partial charge is 0.341 e. The van der Waals surface area contributed by atoms with Crippen LogP contribution in [-0.4, -0.2) is 79.7 Å². The zero-order valence-electron chi connectivity index (χ0n) is 28.1. The molecule has 12 heteroatoms. The van der Waals surface area contributed by atoms with Crippen LogP contribution in [0.25, 0.3) is 0 Å². The molecule has 2 aromatic carbocycles. The van der Waals surface area contributed by atoms with Gasteiger partial charge in [-0.25, -0.2) is 9.59 Å². The Balaban J connectivity index is 0.00000307. The van der Waals surface area contributed by atoms with Gasteiger partial charge in [-0.2, -0.15) is 0 Å². The maximum Gasteiger partial charge on any atom is 0.341 e. The van der Waals surface area contributed by atoms with Gasteiger partial charge >= 0.3 is 11.9 Å². The number of aryl methyl sites for hydroxylation is 1. The molecule has 4 rings (SSSR count). The highest BCUT2D eigenvalue weighted by atomic mass is 35.5. The summed E-state index contributed by atoms with van der Waals surface area (Å²) in [5, 5.41) is 9.05. The lowest BCUT2D eigenvalue weighted by atomic mass is 9.91. The number of alkyl halides is 1. The molecular formula is C36H45ClN2O9. The average Bonchev–Trinajstić information content (AvgIpc) is 3.13. The molecule has 1 amide bonds. The van der Waals surface area contributed by atoms with E-state index in [2.05, 4.69) is 16.6 Å². The molecule has 0 saturated carbocycles. The Bertz CT molecular complexity index is 1460. The van der Waals surface area contributed by atoms with Crippen LogP contribution in [-0.2, 0) is 25.5 Å². The van der Waals surface area contributed by atoms with Gasteiger partial charge in [-0.15, -0.1) is 11.6 Å². The van der Waals surface area contributed by atoms with Crippen molar-refractivity contribution in [2.45, 2.75) is 63.5 Å². The summed E-state index contributed by atoms with van der Waals surface area (Å²) in [6.45, 7) is 1.86. The van der Waals surface area contributed by atoms with E-state index < -0.39 is 36.6 Å². The van der Waals surface area contributed by atoms with Crippen molar-refractivity contribution in [2.24, 2.45) is 0 Å². The Labute approximate surface area is 287 Å². The summed E-state index contributed by atoms with van der Waals surface area (Å²) in [7, 11) is 4.58. The first kappa shape index (κ1) is 37.9. The molecule has 3 atom stereocenters. The van der Waals surface area contributed by atoms with Crippen molar-refractivity contribution in [1.82, 2.24) is 9.88 Å². The number of hydrogen-bond acceptors (Lipinski definition) is 9. The number of likely N-dealkylation sites (tertiary alicyclic amines) is 1. The van der Waals surface area contributed by atoms with E-state index in [4.69, 9.17) is 28.8 Å². The lowest BCUT2D eigenvalue weighted by molar-refractivity contribution is -0.162. The van der Waals surface area contributed by atoms with Crippen LogP contribution in [0.2, 0.25) is 0 Å². The Morgan fingerprint density at radius 1 is 0.979 bits per heavy atom. The molecule has 3 aromatic rings. The Kier molecular flexibility index (Phi) is 15.3. The number of halogens is 1. The number of methoxy groups -OCH3 is 3. The molecule has 48 heavy (non-hydrogen) atoms. The topological polar surface area (TPSA) is 134 Å². The zero-order chi connectivity index (χ0) is 35.1. The molecule has 0 spiro atoms. The standard InChI is InChI=1S/C35H42N2O9.CH3Cl/c1-5-27(25-19-30(42-2)33(44-4)31(20-25)43-3)34(40)37-17-7-6-13-28(37)35(41)46-29(15-14-23-10-9-16-36-21-23)24-11-8-12-26(18-24)45-22-32(38)39;1-2/h8-12,16,18-21,27-29H,5-7,13-15,17,22H2,1-4H3,(H,38,39);1H3/t27-,28-,29+;/m0./s1. The number of amides is 1. The molecule has 1 saturated heterocycles. The van der Waals surface area contributed by atoms with Gasteiger partial charge in [0.1, 0.15) is 17.9 Å². The van der Waals surface area contributed by atoms with Crippen LogP contribution in [0.4, 0.5) is 0 Å². The molecule has 0 unspecified atom stereocenters. The summed E-state index contributed by atoms with van der Waals surface area (Å²) in [6.07, 6.45) is 7.82. The molecule has 11 nitrogen and oxygen atoms in total. The Hall–Kier alpha value is -4.51. The van der Waals surface area contributed by atoms with Crippen molar-refractivity contribution in [3.63, 3.8) is 0 Å². The van der Waals surface area contributed by atoms with E-state index in [-0.39, 0.29) is 5.91 Å². The molecule has 0 aliphatic carbocycles. The number of carbonyl (C=O) groups is 3. The number of hydrogen-bond donors (Lipinski definition) is 1. The van der Waals surface area contributed by atoms with E-state index >= 15 is 0 Å². The largest absolute Gasteiger partial charge is 0.493 e. The number of piperidine rings is 1. The number of carbonyl (C=O) groups excluding carboxylic acids is 2. The number of esters is 1. The van der Waals surface area contributed by atoms with Crippen LogP contribution < -0.4 is 18.9 Å². The van der Waals surface area contributed by atoms with E-state index in [9.17, 15) is 14.4 Å². The zero-order valence-corrected chi connectivity index (χ0v) is 28.9. The van der Waals surface area contributed by atoms with Crippen molar-refractivity contribution in [3.8, 4) is 23.0 Å². The quantitative estimate of drug-likeness (QED) is 0.145. The van der Waals surface area contributed by atoms with E-state index in [0.717, 1.165) is 18.4 Å². The number of pyridine rings is 1. The van der Waals surface area contributed by atoms with Gasteiger partial charge in [-0.1, -0.05) is 25.1 Å². The van der Waals surface area contributed by atoms with Crippen molar-refractivity contribution >= 4 is 29.4 Å². The molecule has 1 aromatic heterocycles. The third-order valence-electron chi connectivity index (χ3n) is 8.12. The number of nitrogens with zero attached hydrogens (tertiary/aromatic N) is 2. The van der Waals surface area contributed by atoms with Crippen molar-refractivity contribution < 1.29 is 43.2 Å². The van der Waals surface area contributed by atoms with Crippen LogP contribution >= 0.6 is 11.6 Å². The van der Waals surface area contributed by atoms with Gasteiger partial charge in [0.25, 0.3) is 0 Å². The Morgan fingerprint density at radius 3 is 2.31 bits per heavy atom. The highest BCUT2D eigenvalue weighted by Gasteiger charge is 2.38. The number of carboxylic acid groups (broad SMARTS) is 1. The van der Waals surface area contributed by atoms with Crippen molar-refractivity contribution in [1.29, 1.82) is 0 Å². The second-order valence-corrected chi connectivity index (χ2v) is 11.0. The molecule has 2 heterocycles. The number of aliphatic carboxylic acids is 1. The monoisotopic (exact) mass is 684 g/mol. The second kappa shape index (κ2) is 19.3. The summed E-state index contributed by atoms with van der Waals surface area (Å²) in [6, 6.07) is 13.5. The summed E-state index contributed by atoms with van der Waals surface area (Å²) in [5.74, 6) is -0.615. The molecule has 0 radical (unpaired) electrons. The summed E-state index contributed by atoms with van der Waals surface area (Å²) < 4.78 is 28.1. The maximum absolute atomic E-state index is 14.2. The minimum absolute atomic E-state index is 0.172. The van der Waals surface area contributed by atoms with Crippen LogP contribution in [0.5, 0.6) is 23.0 Å². The Morgan fingerprint density at radius 2 is 1.71 bits per heavy atom. The van der Waals surface area contributed by atoms with Crippen LogP contribution in [0, 0.1) is 0 Å². The first-order chi connectivity index (χ1) is 23.3. The fourth-order valence-corrected chi connectivity index (χ4v) is 5.80. The number of carboxylic acids is 1. The molecule has 260 valence electrons. The van der Waals surface area contributed by atoms with Gasteiger partial charge in [0.15, 0.2) is 18.1 Å². The fraction of sp³-hybridized carbons (Fsp3) is 0.444. The van der Waals surface area contributed by atoms with Gasteiger partial charge in [0, 0.05) is 25.3 Å². The number of ether oxygens (including phenoxy) is 5. The first-order valence-corrected chi connectivity index (χ1v) is 16.6. The second-order valence-electron chi connectivity index (χ2n) is 11.0. The van der Waals surface area contributed by atoms with Crippen LogP contribution in [0.3, 0.4) is 0 Å². The molecule has 1 aliphatic rings. The van der Waals surface area contributed by atoms with Gasteiger partial charge in [0.2, 0.25) is 11.7 Å². The molecular weight excluding hydrogens is 640 g/mol. The summed E-state index contributed by atoms with van der Waals surface area (Å²) in [4.78, 5) is 45.0. The predicted octanol–water partition coefficient (Wildman–Crippen LogP) is 6.22. The molecule has 1 fully saturated rings. The highest BCUT2D eigenvalue weighted by Crippen LogP contribution is 2.41. The van der Waals surface area contributed by atoms with Gasteiger partial charge in [-0.3, -0.25) is 9.78 Å². The lowest BCUT2D eigenvalue weighted by Gasteiger charge is -2.37. The van der Waals surface area contributed by atoms with Gasteiger partial charge in [0.05, 0.1) is 27.2 Å². The van der Waals surface area contributed by atoms with Crippen LogP contribution in [0.15, 0.2) is 60.9 Å². The fourth-order valence-electron chi connectivity index (χ4n) is 5.80. The average molecular weight is 685 g/mol. The van der Waals surface area contributed by atoms with E-state index in [1.807, 2.05) is 25.1 Å². The van der Waals surface area contributed by atoms with Gasteiger partial charge in [-0.05, 0) is 85.5 Å². The molecule has 1 N–H and O–H groups in total.